The van der Waals surface area contributed by atoms with Gasteiger partial charge >= 0.3 is 0 Å². The molecule has 11 heteroatoms. The lowest BCUT2D eigenvalue weighted by Crippen LogP contribution is -2.32. The lowest BCUT2D eigenvalue weighted by atomic mass is 10.2. The smallest absolute Gasteiger partial charge is 0.283 e. The molecule has 3 heterocycles. The first-order chi connectivity index (χ1) is 17.0. The highest BCUT2D eigenvalue weighted by molar-refractivity contribution is 8.13. The van der Waals surface area contributed by atoms with Crippen molar-refractivity contribution in [3.05, 3.63) is 85.4 Å². The Bertz CT molecular complexity index is 1580. The minimum atomic E-state index is -0.321. The highest BCUT2D eigenvalue weighted by atomic mass is 35.5. The Morgan fingerprint density at radius 3 is 2.77 bits per heavy atom. The Kier molecular flexibility index (Phi) is 6.42. The van der Waals surface area contributed by atoms with Crippen LogP contribution in [0, 0.1) is 6.92 Å². The zero-order valence-electron chi connectivity index (χ0n) is 18.6. The molecular weight excluding hydrogens is 506 g/mol. The third-order valence-corrected chi connectivity index (χ3v) is 7.43. The Morgan fingerprint density at radius 1 is 1.17 bits per heavy atom. The molecule has 5 rings (SSSR count). The van der Waals surface area contributed by atoms with Crippen LogP contribution in [0.15, 0.2) is 69.4 Å². The second-order valence-corrected chi connectivity index (χ2v) is 9.83. The fourth-order valence-electron chi connectivity index (χ4n) is 3.53. The Labute approximate surface area is 213 Å². The summed E-state index contributed by atoms with van der Waals surface area (Å²) < 4.78 is 6.74. The summed E-state index contributed by atoms with van der Waals surface area (Å²) in [6, 6.07) is 14.0. The molecule has 0 unspecified atom stereocenters. The predicted octanol–water partition coefficient (Wildman–Crippen LogP) is 4.96. The topological polar surface area (TPSA) is 89.7 Å². The van der Waals surface area contributed by atoms with Gasteiger partial charge in [-0.2, -0.15) is 4.68 Å². The number of amidine groups is 1. The minimum absolute atomic E-state index is 0.105. The largest absolute Gasteiger partial charge is 0.495 e. The van der Waals surface area contributed by atoms with Crippen molar-refractivity contribution in [3.8, 4) is 5.75 Å². The van der Waals surface area contributed by atoms with Gasteiger partial charge in [0, 0.05) is 9.90 Å². The molecule has 0 bridgehead atoms. The van der Waals surface area contributed by atoms with Crippen LogP contribution in [-0.2, 0) is 10.7 Å². The number of hydrogen-bond acceptors (Lipinski definition) is 8. The van der Waals surface area contributed by atoms with Crippen molar-refractivity contribution >= 4 is 68.4 Å². The van der Waals surface area contributed by atoms with Crippen LogP contribution in [0.25, 0.3) is 17.0 Å². The Balaban J connectivity index is 1.54. The Hall–Kier alpha value is -3.47. The molecule has 2 aromatic carbocycles. The third kappa shape index (κ3) is 4.47. The van der Waals surface area contributed by atoms with Crippen LogP contribution in [0.3, 0.4) is 0 Å². The Morgan fingerprint density at radius 2 is 2.00 bits per heavy atom. The fourth-order valence-corrected chi connectivity index (χ4v) is 5.43. The van der Waals surface area contributed by atoms with Gasteiger partial charge in [-0.15, -0.1) is 16.4 Å². The molecule has 0 saturated heterocycles. The zero-order chi connectivity index (χ0) is 24.5. The number of thioether (sulfide) groups is 1. The molecule has 1 aliphatic heterocycles. The number of halogens is 1. The molecule has 0 atom stereocenters. The van der Waals surface area contributed by atoms with Crippen LogP contribution >= 0.6 is 34.7 Å². The zero-order valence-corrected chi connectivity index (χ0v) is 21.0. The number of anilines is 1. The molecule has 0 spiro atoms. The van der Waals surface area contributed by atoms with Crippen molar-refractivity contribution in [2.75, 3.05) is 12.0 Å². The summed E-state index contributed by atoms with van der Waals surface area (Å²) >= 11 is 8.97. The molecule has 0 aliphatic carbocycles. The number of fused-ring (bicyclic) bond motifs is 1. The average molecular weight is 524 g/mol. The SMILES string of the molecule is COc1ccc(Cl)cc1N1C(=O)/C(=C/c2sccc2C)N=C1SCn1nnc2ccccc2c1=O. The maximum absolute atomic E-state index is 13.5. The second-order valence-electron chi connectivity index (χ2n) is 7.53. The molecule has 1 amide bonds. The quantitative estimate of drug-likeness (QED) is 0.343. The lowest BCUT2D eigenvalue weighted by Gasteiger charge is -2.20. The summed E-state index contributed by atoms with van der Waals surface area (Å²) in [5.41, 5.74) is 2.03. The standard InChI is InChI=1S/C24H18ClN5O3S2/c1-14-9-10-34-21(14)12-18-23(32)30(19-11-15(25)7-8-20(19)33-2)24(26-18)35-13-29-22(31)16-5-3-4-6-17(16)27-28-29/h3-12H,13H2,1-2H3/b18-12-. The number of thiophene rings is 1. The maximum Gasteiger partial charge on any atom is 0.283 e. The van der Waals surface area contributed by atoms with Crippen molar-refractivity contribution in [3.63, 3.8) is 0 Å². The number of aliphatic imine (C=N–C) groups is 1. The molecular formula is C24H18ClN5O3S2. The summed E-state index contributed by atoms with van der Waals surface area (Å²) in [6.07, 6.45) is 1.77. The number of carbonyl (C=O) groups is 1. The molecule has 0 fully saturated rings. The van der Waals surface area contributed by atoms with Gasteiger partial charge in [0.25, 0.3) is 11.5 Å². The molecule has 4 aromatic rings. The normalized spacial score (nSPS) is 14.7. The van der Waals surface area contributed by atoms with E-state index >= 15 is 0 Å². The lowest BCUT2D eigenvalue weighted by molar-refractivity contribution is -0.113. The van der Waals surface area contributed by atoms with E-state index in [9.17, 15) is 9.59 Å². The molecule has 0 saturated carbocycles. The van der Waals surface area contributed by atoms with Crippen molar-refractivity contribution < 1.29 is 9.53 Å². The van der Waals surface area contributed by atoms with Crippen LogP contribution in [0.4, 0.5) is 5.69 Å². The summed E-state index contributed by atoms with van der Waals surface area (Å²) in [4.78, 5) is 33.4. The molecule has 8 nitrogen and oxygen atoms in total. The number of aryl methyl sites for hydroxylation is 1. The summed E-state index contributed by atoms with van der Waals surface area (Å²) in [5, 5.41) is 11.4. The molecule has 1 aliphatic rings. The highest BCUT2D eigenvalue weighted by Crippen LogP contribution is 2.37. The van der Waals surface area contributed by atoms with E-state index in [1.807, 2.05) is 18.4 Å². The van der Waals surface area contributed by atoms with E-state index < -0.39 is 0 Å². The predicted molar refractivity (Wildman–Crippen MR) is 141 cm³/mol. The number of benzene rings is 2. The van der Waals surface area contributed by atoms with Gasteiger partial charge in [-0.3, -0.25) is 9.59 Å². The van der Waals surface area contributed by atoms with Crippen LogP contribution in [0.1, 0.15) is 10.4 Å². The number of hydrogen-bond donors (Lipinski definition) is 0. The van der Waals surface area contributed by atoms with Gasteiger partial charge in [-0.1, -0.05) is 40.7 Å². The van der Waals surface area contributed by atoms with E-state index in [0.717, 1.165) is 10.4 Å². The van der Waals surface area contributed by atoms with Gasteiger partial charge in [-0.25, -0.2) is 9.89 Å². The maximum atomic E-state index is 13.5. The van der Waals surface area contributed by atoms with E-state index in [2.05, 4.69) is 15.3 Å². The van der Waals surface area contributed by atoms with Crippen molar-refractivity contribution in [2.24, 2.45) is 4.99 Å². The number of aromatic nitrogens is 3. The highest BCUT2D eigenvalue weighted by Gasteiger charge is 2.34. The number of methoxy groups -OCH3 is 1. The molecule has 176 valence electrons. The third-order valence-electron chi connectivity index (χ3n) is 5.33. The molecule has 35 heavy (non-hydrogen) atoms. The molecule has 2 aromatic heterocycles. The summed E-state index contributed by atoms with van der Waals surface area (Å²) in [7, 11) is 1.52. The summed E-state index contributed by atoms with van der Waals surface area (Å²) in [5.74, 6) is 0.248. The molecule has 0 N–H and O–H groups in total. The number of amides is 1. The second kappa shape index (κ2) is 9.65. The van der Waals surface area contributed by atoms with Gasteiger partial charge in [0.2, 0.25) is 0 Å². The van der Waals surface area contributed by atoms with Gasteiger partial charge in [0.1, 0.15) is 17.0 Å². The van der Waals surface area contributed by atoms with E-state index in [-0.39, 0.29) is 23.0 Å². The van der Waals surface area contributed by atoms with Crippen LogP contribution < -0.4 is 15.2 Å². The van der Waals surface area contributed by atoms with E-state index in [1.165, 1.54) is 39.8 Å². The van der Waals surface area contributed by atoms with Crippen molar-refractivity contribution in [2.45, 2.75) is 12.8 Å². The number of nitrogens with zero attached hydrogens (tertiary/aromatic N) is 5. The van der Waals surface area contributed by atoms with Crippen LogP contribution in [0.5, 0.6) is 5.75 Å². The van der Waals surface area contributed by atoms with Gasteiger partial charge in [-0.05, 0) is 60.3 Å². The number of carbonyl (C=O) groups excluding carboxylic acids is 1. The molecule has 0 radical (unpaired) electrons. The van der Waals surface area contributed by atoms with Gasteiger partial charge in [0.15, 0.2) is 5.17 Å². The average Bonchev–Trinajstić information content (AvgIpc) is 3.41. The fraction of sp³-hybridized carbons (Fsp3) is 0.125. The van der Waals surface area contributed by atoms with Crippen LogP contribution in [0.2, 0.25) is 5.02 Å². The first-order valence-corrected chi connectivity index (χ1v) is 12.7. The first kappa shape index (κ1) is 23.3. The monoisotopic (exact) mass is 523 g/mol. The van der Waals surface area contributed by atoms with Gasteiger partial charge < -0.3 is 4.74 Å². The number of ether oxygens (including phenoxy) is 1. The minimum Gasteiger partial charge on any atom is -0.495 e. The van der Waals surface area contributed by atoms with E-state index in [1.54, 1.807) is 48.5 Å². The number of rotatable bonds is 5. The van der Waals surface area contributed by atoms with E-state index in [4.69, 9.17) is 16.3 Å². The van der Waals surface area contributed by atoms with Crippen LogP contribution in [-0.4, -0.2) is 33.2 Å². The van der Waals surface area contributed by atoms with Crippen molar-refractivity contribution in [1.82, 2.24) is 15.0 Å². The van der Waals surface area contributed by atoms with E-state index in [0.29, 0.717) is 32.5 Å². The first-order valence-electron chi connectivity index (χ1n) is 10.4. The summed E-state index contributed by atoms with van der Waals surface area (Å²) in [6.45, 7) is 1.98. The van der Waals surface area contributed by atoms with Crippen molar-refractivity contribution in [1.29, 1.82) is 0 Å². The van der Waals surface area contributed by atoms with Gasteiger partial charge in [0.05, 0.1) is 24.1 Å².